The van der Waals surface area contributed by atoms with E-state index in [0.717, 1.165) is 12.8 Å². The molecule has 6 atom stereocenters. The van der Waals surface area contributed by atoms with E-state index in [1.165, 1.54) is 33.1 Å². The highest BCUT2D eigenvalue weighted by atomic mass is 16.6. The zero-order valence-electron chi connectivity index (χ0n) is 12.1. The second-order valence-electron chi connectivity index (χ2n) is 6.73. The van der Waals surface area contributed by atoms with Crippen LogP contribution in [0.4, 0.5) is 0 Å². The number of hydrogen-bond acceptors (Lipinski definition) is 5. The van der Waals surface area contributed by atoms with Crippen LogP contribution in [0.15, 0.2) is 0 Å². The Hall–Kier alpha value is -1.10. The predicted molar refractivity (Wildman–Crippen MR) is 71.6 cm³/mol. The van der Waals surface area contributed by atoms with Crippen molar-refractivity contribution in [2.75, 3.05) is 0 Å². The van der Waals surface area contributed by atoms with Gasteiger partial charge in [0.1, 0.15) is 12.2 Å². The van der Waals surface area contributed by atoms with E-state index in [1.54, 1.807) is 0 Å². The molecule has 0 heterocycles. The highest BCUT2D eigenvalue weighted by Gasteiger charge is 2.62. The molecule has 0 aromatic heterocycles. The van der Waals surface area contributed by atoms with Gasteiger partial charge in [0.05, 0.1) is 0 Å². The van der Waals surface area contributed by atoms with E-state index in [9.17, 15) is 9.59 Å². The van der Waals surface area contributed by atoms with Gasteiger partial charge in [0.25, 0.3) is 0 Å². The molecule has 1 spiro atoms. The third-order valence-corrected chi connectivity index (χ3v) is 5.67. The molecule has 0 aromatic carbocycles. The molecule has 3 aliphatic carbocycles. The zero-order chi connectivity index (χ0) is 14.5. The van der Waals surface area contributed by atoms with Crippen molar-refractivity contribution in [3.63, 3.8) is 0 Å². The molecular formula is C15H23NO4. The first kappa shape index (κ1) is 13.9. The van der Waals surface area contributed by atoms with Crippen molar-refractivity contribution in [2.24, 2.45) is 23.0 Å². The molecule has 2 N–H and O–H groups in total. The van der Waals surface area contributed by atoms with Crippen molar-refractivity contribution in [3.8, 4) is 0 Å². The smallest absolute Gasteiger partial charge is 0.303 e. The van der Waals surface area contributed by atoms with E-state index in [4.69, 9.17) is 15.2 Å². The lowest BCUT2D eigenvalue weighted by Crippen LogP contribution is -2.45. The zero-order valence-corrected chi connectivity index (χ0v) is 12.1. The first-order chi connectivity index (χ1) is 9.42. The van der Waals surface area contributed by atoms with Crippen LogP contribution in [0.25, 0.3) is 0 Å². The Morgan fingerprint density at radius 2 is 1.60 bits per heavy atom. The maximum Gasteiger partial charge on any atom is 0.303 e. The van der Waals surface area contributed by atoms with Gasteiger partial charge in [-0.2, -0.15) is 0 Å². The van der Waals surface area contributed by atoms with Crippen molar-refractivity contribution < 1.29 is 19.1 Å². The van der Waals surface area contributed by atoms with E-state index >= 15 is 0 Å². The lowest BCUT2D eigenvalue weighted by atomic mass is 9.69. The number of carbonyl (C=O) groups is 2. The minimum atomic E-state index is -0.332. The molecule has 3 fully saturated rings. The Kier molecular flexibility index (Phi) is 3.27. The molecule has 0 aliphatic heterocycles. The van der Waals surface area contributed by atoms with Crippen molar-refractivity contribution in [1.82, 2.24) is 0 Å². The predicted octanol–water partition coefficient (Wildman–Crippen LogP) is 1.39. The third-order valence-electron chi connectivity index (χ3n) is 5.67. The summed E-state index contributed by atoms with van der Waals surface area (Å²) in [6, 6.07) is 0.153. The quantitative estimate of drug-likeness (QED) is 0.774. The third kappa shape index (κ3) is 2.03. The van der Waals surface area contributed by atoms with Gasteiger partial charge in [0, 0.05) is 19.9 Å². The van der Waals surface area contributed by atoms with E-state index < -0.39 is 0 Å². The fraction of sp³-hybridized carbons (Fsp3) is 0.867. The summed E-state index contributed by atoms with van der Waals surface area (Å²) in [7, 11) is 0. The summed E-state index contributed by atoms with van der Waals surface area (Å²) in [5.74, 6) is 0.553. The Labute approximate surface area is 119 Å². The summed E-state index contributed by atoms with van der Waals surface area (Å²) in [6.07, 6.45) is 4.42. The molecule has 2 bridgehead atoms. The average Bonchev–Trinajstić information content (AvgIpc) is 2.98. The number of nitrogens with two attached hydrogens (primary N) is 1. The lowest BCUT2D eigenvalue weighted by Gasteiger charge is -2.39. The van der Waals surface area contributed by atoms with Crippen LogP contribution >= 0.6 is 0 Å². The van der Waals surface area contributed by atoms with Crippen LogP contribution < -0.4 is 5.73 Å². The summed E-state index contributed by atoms with van der Waals surface area (Å²) in [5.41, 5.74) is 6.47. The molecule has 3 rings (SSSR count). The summed E-state index contributed by atoms with van der Waals surface area (Å²) < 4.78 is 10.8. The SMILES string of the molecule is CC(=O)OC1CC2(C[C@@H]1OC(C)=O)[C@H]1CC[C@H](C1)[C@@H]2N. The standard InChI is InChI=1S/C15H23NO4/c1-8(17)19-12-6-15(7-13(12)20-9(2)18)11-4-3-10(5-11)14(15)16/h10-14H,3-7,16H2,1-2H3/t10-,11+,12+,13?,14+,15?/m1/s1. The number of ether oxygens (including phenoxy) is 2. The molecule has 5 nitrogen and oxygen atoms in total. The second-order valence-corrected chi connectivity index (χ2v) is 6.73. The Bertz CT molecular complexity index is 408. The van der Waals surface area contributed by atoms with Crippen LogP contribution in [0.5, 0.6) is 0 Å². The monoisotopic (exact) mass is 281 g/mol. The number of carbonyl (C=O) groups excluding carboxylic acids is 2. The first-order valence-corrected chi connectivity index (χ1v) is 7.52. The van der Waals surface area contributed by atoms with Crippen molar-refractivity contribution in [3.05, 3.63) is 0 Å². The summed E-state index contributed by atoms with van der Waals surface area (Å²) in [5, 5.41) is 0. The van der Waals surface area contributed by atoms with Crippen LogP contribution in [0.2, 0.25) is 0 Å². The highest BCUT2D eigenvalue weighted by molar-refractivity contribution is 5.67. The number of esters is 2. The minimum Gasteiger partial charge on any atom is -0.459 e. The fourth-order valence-electron chi connectivity index (χ4n) is 4.97. The van der Waals surface area contributed by atoms with Gasteiger partial charge in [0.15, 0.2) is 0 Å². The Morgan fingerprint density at radius 1 is 1.05 bits per heavy atom. The van der Waals surface area contributed by atoms with E-state index in [1.807, 2.05) is 0 Å². The van der Waals surface area contributed by atoms with Crippen LogP contribution in [0, 0.1) is 17.3 Å². The van der Waals surface area contributed by atoms with E-state index in [-0.39, 0.29) is 35.6 Å². The number of fused-ring (bicyclic) bond motifs is 3. The molecule has 3 saturated carbocycles. The maximum atomic E-state index is 11.3. The topological polar surface area (TPSA) is 78.6 Å². The summed E-state index contributed by atoms with van der Waals surface area (Å²) >= 11 is 0. The lowest BCUT2D eigenvalue weighted by molar-refractivity contribution is -0.162. The number of rotatable bonds is 2. The van der Waals surface area contributed by atoms with Gasteiger partial charge < -0.3 is 15.2 Å². The van der Waals surface area contributed by atoms with Gasteiger partial charge in [-0.05, 0) is 49.4 Å². The Balaban J connectivity index is 1.81. The minimum absolute atomic E-state index is 0.00313. The Morgan fingerprint density at radius 3 is 2.00 bits per heavy atom. The molecule has 0 amide bonds. The fourth-order valence-corrected chi connectivity index (χ4v) is 4.97. The van der Waals surface area contributed by atoms with Crippen molar-refractivity contribution in [2.45, 2.75) is 64.2 Å². The van der Waals surface area contributed by atoms with Gasteiger partial charge in [0.2, 0.25) is 0 Å². The van der Waals surface area contributed by atoms with Gasteiger partial charge in [-0.15, -0.1) is 0 Å². The number of hydrogen-bond donors (Lipinski definition) is 1. The first-order valence-electron chi connectivity index (χ1n) is 7.52. The highest BCUT2D eigenvalue weighted by Crippen LogP contribution is 2.62. The van der Waals surface area contributed by atoms with E-state index in [0.29, 0.717) is 11.8 Å². The normalized spacial score (nSPS) is 45.9. The summed E-state index contributed by atoms with van der Waals surface area (Å²) in [6.45, 7) is 2.80. The van der Waals surface area contributed by atoms with Gasteiger partial charge >= 0.3 is 11.9 Å². The summed E-state index contributed by atoms with van der Waals surface area (Å²) in [4.78, 5) is 22.6. The van der Waals surface area contributed by atoms with Crippen LogP contribution in [-0.2, 0) is 19.1 Å². The van der Waals surface area contributed by atoms with Crippen LogP contribution in [-0.4, -0.2) is 30.2 Å². The van der Waals surface area contributed by atoms with Crippen molar-refractivity contribution in [1.29, 1.82) is 0 Å². The van der Waals surface area contributed by atoms with Crippen LogP contribution in [0.3, 0.4) is 0 Å². The molecule has 3 aliphatic rings. The molecule has 0 aromatic rings. The molecule has 5 heteroatoms. The molecule has 112 valence electrons. The van der Waals surface area contributed by atoms with E-state index in [2.05, 4.69) is 0 Å². The van der Waals surface area contributed by atoms with Gasteiger partial charge in [-0.1, -0.05) is 0 Å². The molecule has 2 unspecified atom stereocenters. The molecule has 20 heavy (non-hydrogen) atoms. The van der Waals surface area contributed by atoms with Crippen molar-refractivity contribution >= 4 is 11.9 Å². The maximum absolute atomic E-state index is 11.3. The molecular weight excluding hydrogens is 258 g/mol. The second kappa shape index (κ2) is 4.72. The average molecular weight is 281 g/mol. The molecule has 0 radical (unpaired) electrons. The molecule has 0 saturated heterocycles. The van der Waals surface area contributed by atoms with Crippen LogP contribution in [0.1, 0.15) is 46.0 Å². The van der Waals surface area contributed by atoms with Gasteiger partial charge in [-0.3, -0.25) is 9.59 Å². The van der Waals surface area contributed by atoms with Gasteiger partial charge in [-0.25, -0.2) is 0 Å². The largest absolute Gasteiger partial charge is 0.459 e.